The maximum absolute atomic E-state index is 4.79. The lowest BCUT2D eigenvalue weighted by molar-refractivity contribution is 1.21. The van der Waals surface area contributed by atoms with Crippen molar-refractivity contribution < 1.29 is 0 Å². The molecule has 0 atom stereocenters. The highest BCUT2D eigenvalue weighted by molar-refractivity contribution is 6.23. The highest BCUT2D eigenvalue weighted by Crippen LogP contribution is 2.45. The fourth-order valence-electron chi connectivity index (χ4n) is 5.71. The molecule has 0 saturated carbocycles. The number of aromatic nitrogens is 1. The van der Waals surface area contributed by atoms with Crippen molar-refractivity contribution in [1.82, 2.24) is 4.98 Å². The lowest BCUT2D eigenvalue weighted by Gasteiger charge is -2.19. The van der Waals surface area contributed by atoms with Crippen LogP contribution < -0.4 is 0 Å². The molecule has 1 nitrogen and oxygen atoms in total. The van der Waals surface area contributed by atoms with Crippen LogP contribution in [0.3, 0.4) is 0 Å². The molecule has 0 radical (unpaired) electrons. The minimum absolute atomic E-state index is 1.00. The molecule has 0 unspecified atom stereocenters. The number of benzene rings is 6. The Kier molecular flexibility index (Phi) is 5.08. The van der Waals surface area contributed by atoms with Crippen LogP contribution in [0.5, 0.6) is 0 Å². The van der Waals surface area contributed by atoms with Crippen LogP contribution in [-0.4, -0.2) is 4.98 Å². The minimum atomic E-state index is 1.00. The average molecular weight is 472 g/mol. The van der Waals surface area contributed by atoms with E-state index < -0.39 is 0 Å². The Morgan fingerprint density at radius 1 is 0.432 bits per heavy atom. The Morgan fingerprint density at radius 3 is 1.68 bits per heavy atom. The van der Waals surface area contributed by atoms with E-state index in [-0.39, 0.29) is 0 Å². The second-order valence-corrected chi connectivity index (χ2v) is 9.61. The molecule has 0 aliphatic heterocycles. The topological polar surface area (TPSA) is 12.9 Å². The zero-order chi connectivity index (χ0) is 24.8. The summed E-state index contributed by atoms with van der Waals surface area (Å²) in [7, 11) is 0. The molecule has 1 aromatic heterocycles. The van der Waals surface area contributed by atoms with Gasteiger partial charge in [-0.2, -0.15) is 0 Å². The second-order valence-electron chi connectivity index (χ2n) is 9.61. The fourth-order valence-corrected chi connectivity index (χ4v) is 5.71. The molecule has 1 heterocycles. The van der Waals surface area contributed by atoms with Gasteiger partial charge in [-0.05, 0) is 79.7 Å². The number of pyridine rings is 1. The van der Waals surface area contributed by atoms with E-state index in [1.807, 2.05) is 13.0 Å². The Labute approximate surface area is 216 Å². The minimum Gasteiger partial charge on any atom is -0.253 e. The summed E-state index contributed by atoms with van der Waals surface area (Å²) in [5.74, 6) is 0. The highest BCUT2D eigenvalue weighted by atomic mass is 14.7. The first-order chi connectivity index (χ1) is 18.3. The molecule has 0 amide bonds. The van der Waals surface area contributed by atoms with E-state index >= 15 is 0 Å². The summed E-state index contributed by atoms with van der Waals surface area (Å²) < 4.78 is 0. The summed E-state index contributed by atoms with van der Waals surface area (Å²) in [5.41, 5.74) is 8.20. The van der Waals surface area contributed by atoms with Gasteiger partial charge in [0.1, 0.15) is 0 Å². The molecule has 0 bridgehead atoms. The molecule has 174 valence electrons. The highest BCUT2D eigenvalue weighted by Gasteiger charge is 2.18. The van der Waals surface area contributed by atoms with Crippen molar-refractivity contribution in [3.63, 3.8) is 0 Å². The third kappa shape index (κ3) is 3.59. The Morgan fingerprint density at radius 2 is 0.973 bits per heavy atom. The van der Waals surface area contributed by atoms with Crippen LogP contribution in [0.15, 0.2) is 133 Å². The van der Waals surface area contributed by atoms with Crippen molar-refractivity contribution in [2.45, 2.75) is 6.92 Å². The average Bonchev–Trinajstić information content (AvgIpc) is 2.96. The van der Waals surface area contributed by atoms with Crippen LogP contribution in [0.25, 0.3) is 65.8 Å². The number of rotatable bonds is 3. The number of nitrogens with zero attached hydrogens (tertiary/aromatic N) is 1. The molecule has 7 rings (SSSR count). The third-order valence-electron chi connectivity index (χ3n) is 7.33. The zero-order valence-electron chi connectivity index (χ0n) is 20.6. The van der Waals surface area contributed by atoms with E-state index in [0.717, 1.165) is 17.0 Å². The lowest BCUT2D eigenvalue weighted by atomic mass is 9.84. The molecular weight excluding hydrogens is 446 g/mol. The van der Waals surface area contributed by atoms with Gasteiger partial charge in [-0.25, -0.2) is 0 Å². The summed E-state index contributed by atoms with van der Waals surface area (Å²) in [6.07, 6.45) is 0. The Balaban J connectivity index is 1.58. The van der Waals surface area contributed by atoms with Crippen LogP contribution in [-0.2, 0) is 0 Å². The zero-order valence-corrected chi connectivity index (χ0v) is 20.6. The van der Waals surface area contributed by atoms with Gasteiger partial charge in [-0.1, -0.05) is 115 Å². The van der Waals surface area contributed by atoms with Gasteiger partial charge >= 0.3 is 0 Å². The van der Waals surface area contributed by atoms with Crippen molar-refractivity contribution in [3.05, 3.63) is 139 Å². The van der Waals surface area contributed by atoms with E-state index in [2.05, 4.69) is 127 Å². The SMILES string of the molecule is Cc1cccc(-c2cccc(-c3c4ccccc4c(-c4cccc5ccccc45)c4ccccc34)c2)n1. The molecule has 0 saturated heterocycles. The monoisotopic (exact) mass is 471 g/mol. The summed E-state index contributed by atoms with van der Waals surface area (Å²) >= 11 is 0. The van der Waals surface area contributed by atoms with Gasteiger partial charge in [0.05, 0.1) is 5.69 Å². The summed E-state index contributed by atoms with van der Waals surface area (Å²) in [5, 5.41) is 7.60. The van der Waals surface area contributed by atoms with Gasteiger partial charge in [-0.15, -0.1) is 0 Å². The molecule has 0 fully saturated rings. The molecule has 0 aliphatic rings. The molecule has 0 N–H and O–H groups in total. The van der Waals surface area contributed by atoms with Gasteiger partial charge in [0.2, 0.25) is 0 Å². The second kappa shape index (κ2) is 8.72. The molecular formula is C36H25N. The Hall–Kier alpha value is -4.75. The first kappa shape index (κ1) is 21.5. The molecule has 0 spiro atoms. The first-order valence-electron chi connectivity index (χ1n) is 12.7. The maximum atomic E-state index is 4.79. The van der Waals surface area contributed by atoms with E-state index in [1.54, 1.807) is 0 Å². The smallest absolute Gasteiger partial charge is 0.0705 e. The van der Waals surface area contributed by atoms with Gasteiger partial charge in [0, 0.05) is 11.3 Å². The van der Waals surface area contributed by atoms with Crippen molar-refractivity contribution >= 4 is 32.3 Å². The standard InChI is InChI=1S/C36H25N/c1-24-11-8-22-34(37-24)26-14-9-15-27(23-26)35-30-17-4-6-19-32(30)36(33-20-7-5-18-31(33)35)29-21-10-13-25-12-2-3-16-28(25)29/h2-23H,1H3. The maximum Gasteiger partial charge on any atom is 0.0705 e. The number of aryl methyl sites for hydroxylation is 1. The quantitative estimate of drug-likeness (QED) is 0.234. The third-order valence-corrected chi connectivity index (χ3v) is 7.33. The van der Waals surface area contributed by atoms with Crippen LogP contribution >= 0.6 is 0 Å². The number of hydrogen-bond donors (Lipinski definition) is 0. The van der Waals surface area contributed by atoms with Crippen LogP contribution in [0.1, 0.15) is 5.69 Å². The van der Waals surface area contributed by atoms with Crippen molar-refractivity contribution in [2.24, 2.45) is 0 Å². The van der Waals surface area contributed by atoms with Gasteiger partial charge in [0.15, 0.2) is 0 Å². The first-order valence-corrected chi connectivity index (χ1v) is 12.7. The number of fused-ring (bicyclic) bond motifs is 3. The Bertz CT molecular complexity index is 1880. The normalized spacial score (nSPS) is 11.4. The predicted molar refractivity (Wildman–Crippen MR) is 158 cm³/mol. The molecule has 6 aromatic carbocycles. The van der Waals surface area contributed by atoms with E-state index in [1.165, 1.54) is 54.6 Å². The van der Waals surface area contributed by atoms with Gasteiger partial charge < -0.3 is 0 Å². The van der Waals surface area contributed by atoms with Gasteiger partial charge in [-0.3, -0.25) is 4.98 Å². The van der Waals surface area contributed by atoms with E-state index in [0.29, 0.717) is 0 Å². The summed E-state index contributed by atoms with van der Waals surface area (Å²) in [6.45, 7) is 2.04. The summed E-state index contributed by atoms with van der Waals surface area (Å²) in [6, 6.07) is 48.0. The number of hydrogen-bond acceptors (Lipinski definition) is 1. The lowest BCUT2D eigenvalue weighted by Crippen LogP contribution is -1.92. The predicted octanol–water partition coefficient (Wildman–Crippen LogP) is 9.85. The van der Waals surface area contributed by atoms with Crippen molar-refractivity contribution in [2.75, 3.05) is 0 Å². The van der Waals surface area contributed by atoms with Crippen molar-refractivity contribution in [1.29, 1.82) is 0 Å². The fraction of sp³-hybridized carbons (Fsp3) is 0.0278. The van der Waals surface area contributed by atoms with Crippen LogP contribution in [0.4, 0.5) is 0 Å². The van der Waals surface area contributed by atoms with Gasteiger partial charge in [0.25, 0.3) is 0 Å². The van der Waals surface area contributed by atoms with Crippen molar-refractivity contribution in [3.8, 4) is 33.5 Å². The molecule has 0 aliphatic carbocycles. The molecule has 1 heteroatoms. The molecule has 7 aromatic rings. The largest absolute Gasteiger partial charge is 0.253 e. The van der Waals surface area contributed by atoms with Crippen LogP contribution in [0, 0.1) is 6.92 Å². The van der Waals surface area contributed by atoms with E-state index in [4.69, 9.17) is 4.98 Å². The molecule has 37 heavy (non-hydrogen) atoms. The van der Waals surface area contributed by atoms with E-state index in [9.17, 15) is 0 Å². The summed E-state index contributed by atoms with van der Waals surface area (Å²) in [4.78, 5) is 4.79. The van der Waals surface area contributed by atoms with Crippen LogP contribution in [0.2, 0.25) is 0 Å².